The van der Waals surface area contributed by atoms with Crippen LogP contribution < -0.4 is 5.32 Å². The Morgan fingerprint density at radius 2 is 2.29 bits per heavy atom. The lowest BCUT2D eigenvalue weighted by molar-refractivity contribution is 0.0357. The minimum Gasteiger partial charge on any atom is -0.388 e. The molecule has 0 aliphatic rings. The molecule has 98 valence electrons. The monoisotopic (exact) mass is 259 g/mol. The Morgan fingerprint density at radius 3 is 2.94 bits per heavy atom. The minimum absolute atomic E-state index is 0.455. The summed E-state index contributed by atoms with van der Waals surface area (Å²) in [6.07, 6.45) is 2.54. The molecule has 1 aromatic heterocycles. The smallest absolute Gasteiger partial charge is 0.202 e. The summed E-state index contributed by atoms with van der Waals surface area (Å²) in [5.41, 5.74) is -0.785. The highest BCUT2D eigenvalue weighted by Crippen LogP contribution is 2.15. The second-order valence-electron chi connectivity index (χ2n) is 4.36. The molecule has 1 heterocycles. The van der Waals surface area contributed by atoms with Crippen molar-refractivity contribution in [2.45, 2.75) is 38.7 Å². The van der Waals surface area contributed by atoms with Crippen molar-refractivity contribution in [3.8, 4) is 0 Å². The van der Waals surface area contributed by atoms with Gasteiger partial charge < -0.3 is 15.2 Å². The molecule has 2 N–H and O–H groups in total. The van der Waals surface area contributed by atoms with Crippen LogP contribution in [0.4, 0.5) is 5.13 Å². The number of rotatable bonds is 8. The Kier molecular flexibility index (Phi) is 5.80. The van der Waals surface area contributed by atoms with Gasteiger partial charge in [0.2, 0.25) is 5.13 Å². The maximum atomic E-state index is 10.0. The lowest BCUT2D eigenvalue weighted by atomic mass is 10.0. The van der Waals surface area contributed by atoms with Crippen LogP contribution >= 0.6 is 11.5 Å². The van der Waals surface area contributed by atoms with Crippen LogP contribution in [0.2, 0.25) is 0 Å². The van der Waals surface area contributed by atoms with Gasteiger partial charge >= 0.3 is 0 Å². The molecule has 0 aliphatic carbocycles. The molecule has 0 aromatic carbocycles. The number of hydrogen-bond donors (Lipinski definition) is 2. The van der Waals surface area contributed by atoms with E-state index in [1.54, 1.807) is 14.0 Å². The quantitative estimate of drug-likeness (QED) is 0.743. The molecule has 0 saturated carbocycles. The number of ether oxygens (including phenoxy) is 1. The van der Waals surface area contributed by atoms with E-state index in [4.69, 9.17) is 4.74 Å². The van der Waals surface area contributed by atoms with E-state index in [1.165, 1.54) is 11.5 Å². The zero-order valence-corrected chi connectivity index (χ0v) is 11.5. The number of methoxy groups -OCH3 is 1. The average molecular weight is 259 g/mol. The zero-order valence-electron chi connectivity index (χ0n) is 10.7. The molecule has 0 radical (unpaired) electrons. The van der Waals surface area contributed by atoms with Gasteiger partial charge in [0, 0.05) is 44.6 Å². The standard InChI is InChI=1S/C11H21N3O2S/c1-4-5-9-13-10(17-14-9)12-8-11(2,15)6-7-16-3/h15H,4-8H2,1-3H3,(H,12,13,14). The van der Waals surface area contributed by atoms with Crippen molar-refractivity contribution < 1.29 is 9.84 Å². The summed E-state index contributed by atoms with van der Waals surface area (Å²) in [6, 6.07) is 0. The highest BCUT2D eigenvalue weighted by molar-refractivity contribution is 7.09. The van der Waals surface area contributed by atoms with Crippen molar-refractivity contribution in [3.63, 3.8) is 0 Å². The summed E-state index contributed by atoms with van der Waals surface area (Å²) in [6.45, 7) is 4.89. The molecule has 0 aliphatic heterocycles. The molecule has 0 bridgehead atoms. The average Bonchev–Trinajstić information content (AvgIpc) is 2.73. The first-order valence-corrected chi connectivity index (χ1v) is 6.62. The Morgan fingerprint density at radius 1 is 1.53 bits per heavy atom. The zero-order chi connectivity index (χ0) is 12.7. The fourth-order valence-corrected chi connectivity index (χ4v) is 1.93. The number of nitrogens with one attached hydrogen (secondary N) is 1. The molecule has 17 heavy (non-hydrogen) atoms. The fraction of sp³-hybridized carbons (Fsp3) is 0.818. The third kappa shape index (κ3) is 5.43. The number of aliphatic hydroxyl groups is 1. The maximum Gasteiger partial charge on any atom is 0.202 e. The summed E-state index contributed by atoms with van der Waals surface area (Å²) >= 11 is 1.34. The van der Waals surface area contributed by atoms with E-state index in [0.717, 1.165) is 23.8 Å². The molecule has 0 saturated heterocycles. The van der Waals surface area contributed by atoms with Gasteiger partial charge in [-0.05, 0) is 13.3 Å². The molecule has 0 fully saturated rings. The van der Waals surface area contributed by atoms with Crippen LogP contribution in [0.1, 0.15) is 32.5 Å². The van der Waals surface area contributed by atoms with Gasteiger partial charge in [0.15, 0.2) is 0 Å². The summed E-state index contributed by atoms with van der Waals surface area (Å²) < 4.78 is 9.18. The largest absolute Gasteiger partial charge is 0.388 e. The van der Waals surface area contributed by atoms with Crippen molar-refractivity contribution in [1.82, 2.24) is 9.36 Å². The lowest BCUT2D eigenvalue weighted by Crippen LogP contribution is -2.34. The molecule has 0 spiro atoms. The molecular formula is C11H21N3O2S. The Bertz CT molecular complexity index is 328. The first-order valence-electron chi connectivity index (χ1n) is 5.85. The van der Waals surface area contributed by atoms with Gasteiger partial charge in [0.1, 0.15) is 5.82 Å². The Balaban J connectivity index is 2.37. The molecule has 5 nitrogen and oxygen atoms in total. The normalized spacial score (nSPS) is 14.6. The van der Waals surface area contributed by atoms with E-state index in [1.807, 2.05) is 0 Å². The predicted octanol–water partition coefficient (Wildman–Crippen LogP) is 1.69. The van der Waals surface area contributed by atoms with Crippen molar-refractivity contribution in [3.05, 3.63) is 5.82 Å². The number of anilines is 1. The molecule has 1 unspecified atom stereocenters. The second kappa shape index (κ2) is 6.88. The molecular weight excluding hydrogens is 238 g/mol. The molecule has 6 heteroatoms. The van der Waals surface area contributed by atoms with Crippen LogP contribution in [0.25, 0.3) is 0 Å². The van der Waals surface area contributed by atoms with Gasteiger partial charge in [-0.25, -0.2) is 4.98 Å². The van der Waals surface area contributed by atoms with Crippen LogP contribution in [0.15, 0.2) is 0 Å². The first-order chi connectivity index (χ1) is 8.07. The lowest BCUT2D eigenvalue weighted by Gasteiger charge is -2.22. The van der Waals surface area contributed by atoms with E-state index in [0.29, 0.717) is 19.6 Å². The van der Waals surface area contributed by atoms with E-state index < -0.39 is 5.60 Å². The molecule has 1 aromatic rings. The van der Waals surface area contributed by atoms with Crippen molar-refractivity contribution >= 4 is 16.7 Å². The number of aryl methyl sites for hydroxylation is 1. The van der Waals surface area contributed by atoms with Crippen LogP contribution in [0.3, 0.4) is 0 Å². The van der Waals surface area contributed by atoms with Crippen molar-refractivity contribution in [2.75, 3.05) is 25.6 Å². The van der Waals surface area contributed by atoms with Crippen LogP contribution in [0.5, 0.6) is 0 Å². The molecule has 1 rings (SSSR count). The second-order valence-corrected chi connectivity index (χ2v) is 5.11. The Hall–Kier alpha value is -0.720. The predicted molar refractivity (Wildman–Crippen MR) is 69.5 cm³/mol. The summed E-state index contributed by atoms with van der Waals surface area (Å²) in [5.74, 6) is 0.872. The van der Waals surface area contributed by atoms with Crippen LogP contribution in [0, 0.1) is 0 Å². The molecule has 0 amide bonds. The van der Waals surface area contributed by atoms with E-state index in [-0.39, 0.29) is 0 Å². The summed E-state index contributed by atoms with van der Waals surface area (Å²) in [4.78, 5) is 4.34. The van der Waals surface area contributed by atoms with Crippen molar-refractivity contribution in [2.24, 2.45) is 0 Å². The Labute approximate surface area is 106 Å². The number of aromatic nitrogens is 2. The highest BCUT2D eigenvalue weighted by atomic mass is 32.1. The maximum absolute atomic E-state index is 10.0. The third-order valence-corrected chi connectivity index (χ3v) is 3.12. The highest BCUT2D eigenvalue weighted by Gasteiger charge is 2.20. The van der Waals surface area contributed by atoms with Crippen LogP contribution in [-0.4, -0.2) is 40.3 Å². The number of hydrogen-bond acceptors (Lipinski definition) is 6. The van der Waals surface area contributed by atoms with Crippen LogP contribution in [-0.2, 0) is 11.2 Å². The van der Waals surface area contributed by atoms with Gasteiger partial charge in [-0.15, -0.1) is 0 Å². The van der Waals surface area contributed by atoms with Crippen molar-refractivity contribution in [1.29, 1.82) is 0 Å². The van der Waals surface area contributed by atoms with Gasteiger partial charge in [0.05, 0.1) is 5.60 Å². The fourth-order valence-electron chi connectivity index (χ4n) is 1.33. The minimum atomic E-state index is -0.785. The summed E-state index contributed by atoms with van der Waals surface area (Å²) in [5, 5.41) is 13.9. The SMILES string of the molecule is CCCc1nsc(NCC(C)(O)CCOC)n1. The van der Waals surface area contributed by atoms with E-state index >= 15 is 0 Å². The summed E-state index contributed by atoms with van der Waals surface area (Å²) in [7, 11) is 1.63. The van der Waals surface area contributed by atoms with E-state index in [2.05, 4.69) is 21.6 Å². The van der Waals surface area contributed by atoms with Gasteiger partial charge in [0.25, 0.3) is 0 Å². The molecule has 1 atom stereocenters. The van der Waals surface area contributed by atoms with E-state index in [9.17, 15) is 5.11 Å². The van der Waals surface area contributed by atoms with Gasteiger partial charge in [-0.3, -0.25) is 0 Å². The number of nitrogens with zero attached hydrogens (tertiary/aromatic N) is 2. The topological polar surface area (TPSA) is 67.3 Å². The third-order valence-electron chi connectivity index (χ3n) is 2.41. The first kappa shape index (κ1) is 14.3. The van der Waals surface area contributed by atoms with Gasteiger partial charge in [-0.1, -0.05) is 6.92 Å². The van der Waals surface area contributed by atoms with Gasteiger partial charge in [-0.2, -0.15) is 4.37 Å².